The summed E-state index contributed by atoms with van der Waals surface area (Å²) in [4.78, 5) is 14.0. The normalized spacial score (nSPS) is 18.1. The number of carbonyl (C=O) groups excluding carboxylic acids is 1. The van der Waals surface area contributed by atoms with E-state index in [0.29, 0.717) is 16.4 Å². The van der Waals surface area contributed by atoms with Crippen molar-refractivity contribution in [1.82, 2.24) is 4.72 Å². The fraction of sp³-hybridized carbons (Fsp3) is 0.273. The third-order valence-corrected chi connectivity index (χ3v) is 5.46. The van der Waals surface area contributed by atoms with Crippen LogP contribution in [0.5, 0.6) is 0 Å². The average molecular weight is 421 g/mol. The molecule has 0 saturated carbocycles. The fourth-order valence-corrected chi connectivity index (χ4v) is 3.76. The highest BCUT2D eigenvalue weighted by atomic mass is 32.2. The highest BCUT2D eigenvalue weighted by Crippen LogP contribution is 2.34. The van der Waals surface area contributed by atoms with E-state index < -0.39 is 5.54 Å². The maximum atomic E-state index is 11.7. The topological polar surface area (TPSA) is 92.9 Å². The van der Waals surface area contributed by atoms with Gasteiger partial charge in [-0.2, -0.15) is 5.26 Å². The Morgan fingerprint density at radius 3 is 2.67 bits per heavy atom. The molecule has 3 rings (SSSR count). The molecule has 7 nitrogen and oxygen atoms in total. The van der Waals surface area contributed by atoms with Gasteiger partial charge in [-0.15, -0.1) is 10.2 Å². The molecule has 0 spiro atoms. The SMILES string of the molecule is CCN(Cc1ccccc1)c1ccc(N=NC2=CC(C)(C#N)NS2)c(NC(C)=O)c1. The van der Waals surface area contributed by atoms with Crippen LogP contribution in [-0.4, -0.2) is 18.0 Å². The van der Waals surface area contributed by atoms with Crippen molar-refractivity contribution >= 4 is 34.9 Å². The second kappa shape index (κ2) is 9.57. The Kier molecular flexibility index (Phi) is 6.87. The number of nitrogens with zero attached hydrogens (tertiary/aromatic N) is 4. The molecule has 1 amide bonds. The lowest BCUT2D eigenvalue weighted by Gasteiger charge is -2.24. The van der Waals surface area contributed by atoms with Crippen molar-refractivity contribution in [2.24, 2.45) is 10.2 Å². The second-order valence-electron chi connectivity index (χ2n) is 7.08. The number of amides is 1. The molecule has 0 saturated heterocycles. The molecule has 0 aliphatic carbocycles. The lowest BCUT2D eigenvalue weighted by atomic mass is 10.1. The maximum Gasteiger partial charge on any atom is 0.221 e. The predicted molar refractivity (Wildman–Crippen MR) is 121 cm³/mol. The molecule has 0 fully saturated rings. The molecule has 0 bridgehead atoms. The van der Waals surface area contributed by atoms with Crippen molar-refractivity contribution in [3.05, 3.63) is 65.2 Å². The van der Waals surface area contributed by atoms with Crippen molar-refractivity contribution in [3.8, 4) is 6.07 Å². The number of carbonyl (C=O) groups is 1. The van der Waals surface area contributed by atoms with E-state index in [9.17, 15) is 10.1 Å². The first-order valence-electron chi connectivity index (χ1n) is 9.63. The lowest BCUT2D eigenvalue weighted by Crippen LogP contribution is -2.29. The average Bonchev–Trinajstić information content (AvgIpc) is 3.13. The predicted octanol–water partition coefficient (Wildman–Crippen LogP) is 5.13. The standard InChI is InChI=1S/C22H24N6OS/c1-4-28(14-17-8-6-5-7-9-17)18-10-11-19(20(12-18)24-16(2)29)25-26-21-13-22(3,15-23)27-30-21/h5-13,27H,4,14H2,1-3H3,(H,24,29). The van der Waals surface area contributed by atoms with Crippen LogP contribution in [0.4, 0.5) is 17.1 Å². The number of nitrogens with one attached hydrogen (secondary N) is 2. The van der Waals surface area contributed by atoms with Gasteiger partial charge in [0, 0.05) is 25.7 Å². The molecule has 0 aromatic heterocycles. The number of hydrogen-bond donors (Lipinski definition) is 2. The first kappa shape index (κ1) is 21.6. The first-order valence-corrected chi connectivity index (χ1v) is 10.4. The third-order valence-electron chi connectivity index (χ3n) is 4.52. The Morgan fingerprint density at radius 1 is 1.27 bits per heavy atom. The molecular formula is C22H24N6OS. The van der Waals surface area contributed by atoms with E-state index in [1.54, 1.807) is 13.0 Å². The lowest BCUT2D eigenvalue weighted by molar-refractivity contribution is -0.114. The van der Waals surface area contributed by atoms with Crippen LogP contribution in [-0.2, 0) is 11.3 Å². The summed E-state index contributed by atoms with van der Waals surface area (Å²) in [6.07, 6.45) is 1.73. The van der Waals surface area contributed by atoms with Crippen LogP contribution < -0.4 is 14.9 Å². The van der Waals surface area contributed by atoms with E-state index in [4.69, 9.17) is 0 Å². The van der Waals surface area contributed by atoms with E-state index in [1.807, 2.05) is 36.4 Å². The van der Waals surface area contributed by atoms with Crippen LogP contribution in [0, 0.1) is 11.3 Å². The molecule has 1 unspecified atom stereocenters. The summed E-state index contributed by atoms with van der Waals surface area (Å²) in [5.74, 6) is -0.178. The number of anilines is 2. The quantitative estimate of drug-likeness (QED) is 0.478. The Balaban J connectivity index is 1.86. The van der Waals surface area contributed by atoms with Crippen LogP contribution in [0.3, 0.4) is 0 Å². The van der Waals surface area contributed by atoms with Gasteiger partial charge in [0.15, 0.2) is 0 Å². The van der Waals surface area contributed by atoms with E-state index in [2.05, 4.69) is 50.3 Å². The van der Waals surface area contributed by atoms with Crippen LogP contribution in [0.25, 0.3) is 0 Å². The molecule has 1 atom stereocenters. The van der Waals surface area contributed by atoms with Crippen LogP contribution in [0.1, 0.15) is 26.3 Å². The molecule has 8 heteroatoms. The molecule has 1 heterocycles. The highest BCUT2D eigenvalue weighted by Gasteiger charge is 2.28. The summed E-state index contributed by atoms with van der Waals surface area (Å²) in [6.45, 7) is 6.91. The van der Waals surface area contributed by atoms with E-state index >= 15 is 0 Å². The smallest absolute Gasteiger partial charge is 0.221 e. The van der Waals surface area contributed by atoms with Crippen molar-refractivity contribution in [3.63, 3.8) is 0 Å². The van der Waals surface area contributed by atoms with Crippen molar-refractivity contribution in [1.29, 1.82) is 5.26 Å². The van der Waals surface area contributed by atoms with Gasteiger partial charge < -0.3 is 10.2 Å². The Bertz CT molecular complexity index is 1010. The van der Waals surface area contributed by atoms with Gasteiger partial charge in [0.25, 0.3) is 0 Å². The van der Waals surface area contributed by atoms with Gasteiger partial charge in [0.05, 0.1) is 11.8 Å². The summed E-state index contributed by atoms with van der Waals surface area (Å²) in [7, 11) is 0. The number of rotatable bonds is 7. The number of hydrogen-bond acceptors (Lipinski definition) is 7. The Morgan fingerprint density at radius 2 is 2.03 bits per heavy atom. The monoisotopic (exact) mass is 420 g/mol. The maximum absolute atomic E-state index is 11.7. The Hall–Kier alpha value is -3.15. The summed E-state index contributed by atoms with van der Waals surface area (Å²) < 4.78 is 3.00. The number of azo groups is 1. The highest BCUT2D eigenvalue weighted by molar-refractivity contribution is 8.01. The summed E-state index contributed by atoms with van der Waals surface area (Å²) in [5.41, 5.74) is 2.58. The first-order chi connectivity index (χ1) is 14.4. The van der Waals surface area contributed by atoms with E-state index in [0.717, 1.165) is 18.8 Å². The van der Waals surface area contributed by atoms with Crippen molar-refractivity contribution < 1.29 is 4.79 Å². The third kappa shape index (κ3) is 5.47. The van der Waals surface area contributed by atoms with Gasteiger partial charge in [-0.05, 0) is 55.6 Å². The van der Waals surface area contributed by atoms with Crippen molar-refractivity contribution in [2.75, 3.05) is 16.8 Å². The van der Waals surface area contributed by atoms with E-state index in [1.165, 1.54) is 24.4 Å². The van der Waals surface area contributed by atoms with Gasteiger partial charge >= 0.3 is 0 Å². The van der Waals surface area contributed by atoms with Gasteiger partial charge in [0.1, 0.15) is 16.3 Å². The molecule has 0 radical (unpaired) electrons. The molecule has 2 aromatic rings. The van der Waals surface area contributed by atoms with E-state index in [-0.39, 0.29) is 5.91 Å². The number of nitriles is 1. The largest absolute Gasteiger partial charge is 0.367 e. The van der Waals surface area contributed by atoms with Crippen LogP contribution in [0.15, 0.2) is 69.9 Å². The minimum Gasteiger partial charge on any atom is -0.367 e. The number of benzene rings is 2. The summed E-state index contributed by atoms with van der Waals surface area (Å²) in [5, 5.41) is 21.2. The molecule has 154 valence electrons. The van der Waals surface area contributed by atoms with Crippen molar-refractivity contribution in [2.45, 2.75) is 32.9 Å². The zero-order valence-electron chi connectivity index (χ0n) is 17.2. The van der Waals surface area contributed by atoms with Gasteiger partial charge in [-0.1, -0.05) is 30.3 Å². The van der Waals surface area contributed by atoms with Gasteiger partial charge in [-0.3, -0.25) is 4.79 Å². The molecular weight excluding hydrogens is 396 g/mol. The minimum absolute atomic E-state index is 0.178. The molecule has 30 heavy (non-hydrogen) atoms. The molecule has 1 aliphatic heterocycles. The van der Waals surface area contributed by atoms with Gasteiger partial charge in [-0.25, -0.2) is 4.72 Å². The summed E-state index contributed by atoms with van der Waals surface area (Å²) >= 11 is 1.26. The van der Waals surface area contributed by atoms with Crippen LogP contribution in [0.2, 0.25) is 0 Å². The second-order valence-corrected chi connectivity index (χ2v) is 7.91. The molecule has 1 aliphatic rings. The molecule has 2 N–H and O–H groups in total. The zero-order chi connectivity index (χ0) is 21.6. The molecule has 2 aromatic carbocycles. The zero-order valence-corrected chi connectivity index (χ0v) is 18.0. The Labute approximate surface area is 181 Å². The van der Waals surface area contributed by atoms with Crippen LogP contribution >= 0.6 is 11.9 Å². The van der Waals surface area contributed by atoms with Gasteiger partial charge in [0.2, 0.25) is 5.91 Å². The summed E-state index contributed by atoms with van der Waals surface area (Å²) in [6, 6.07) is 18.1. The minimum atomic E-state index is -0.762. The fourth-order valence-electron chi connectivity index (χ4n) is 2.96.